The number of carbonyl (C=O) groups excluding carboxylic acids is 1. The molecule has 1 heterocycles. The summed E-state index contributed by atoms with van der Waals surface area (Å²) in [6.07, 6.45) is 2.67. The van der Waals surface area contributed by atoms with Gasteiger partial charge in [0.15, 0.2) is 0 Å². The van der Waals surface area contributed by atoms with Crippen molar-refractivity contribution in [3.8, 4) is 5.75 Å². The summed E-state index contributed by atoms with van der Waals surface area (Å²) in [7, 11) is 1.54. The van der Waals surface area contributed by atoms with Gasteiger partial charge >= 0.3 is 0 Å². The normalized spacial score (nSPS) is 17.4. The first kappa shape index (κ1) is 22.1. The van der Waals surface area contributed by atoms with Gasteiger partial charge in [-0.3, -0.25) is 4.79 Å². The Kier molecular flexibility index (Phi) is 6.67. The molecule has 0 aromatic heterocycles. The summed E-state index contributed by atoms with van der Waals surface area (Å²) < 4.78 is 33.5. The van der Waals surface area contributed by atoms with Gasteiger partial charge in [-0.1, -0.05) is 6.42 Å². The predicted molar refractivity (Wildman–Crippen MR) is 119 cm³/mol. The Morgan fingerprint density at radius 2 is 1.83 bits per heavy atom. The van der Waals surface area contributed by atoms with E-state index in [2.05, 4.69) is 5.32 Å². The maximum Gasteiger partial charge on any atom is 0.255 e. The Labute approximate surface area is 178 Å². The van der Waals surface area contributed by atoms with Crippen LogP contribution in [-0.2, 0) is 10.0 Å². The van der Waals surface area contributed by atoms with Crippen LogP contribution < -0.4 is 15.0 Å². The molecule has 0 spiro atoms. The minimum Gasteiger partial charge on any atom is -0.495 e. The molecule has 30 heavy (non-hydrogen) atoms. The minimum absolute atomic E-state index is 0.0226. The number of piperidine rings is 1. The van der Waals surface area contributed by atoms with E-state index in [4.69, 9.17) is 4.74 Å². The summed E-state index contributed by atoms with van der Waals surface area (Å²) in [4.78, 5) is 14.8. The van der Waals surface area contributed by atoms with Gasteiger partial charge in [-0.25, -0.2) is 8.42 Å². The van der Waals surface area contributed by atoms with E-state index in [0.29, 0.717) is 12.2 Å². The molecule has 1 saturated heterocycles. The molecule has 1 aliphatic heterocycles. The van der Waals surface area contributed by atoms with Gasteiger partial charge < -0.3 is 15.0 Å². The van der Waals surface area contributed by atoms with E-state index in [9.17, 15) is 13.2 Å². The van der Waals surface area contributed by atoms with E-state index in [1.807, 2.05) is 50.2 Å². The molecule has 0 radical (unpaired) electrons. The number of hydrogen-bond acceptors (Lipinski definition) is 5. The maximum atomic E-state index is 13.3. The van der Waals surface area contributed by atoms with Gasteiger partial charge in [-0.15, -0.1) is 0 Å². The predicted octanol–water partition coefficient (Wildman–Crippen LogP) is 3.58. The Morgan fingerprint density at radius 3 is 2.43 bits per heavy atom. The molecule has 1 fully saturated rings. The lowest BCUT2D eigenvalue weighted by molar-refractivity contribution is 0.102. The van der Waals surface area contributed by atoms with E-state index in [1.165, 1.54) is 23.5 Å². The summed E-state index contributed by atoms with van der Waals surface area (Å²) in [5, 5.41) is 2.82. The zero-order valence-corrected chi connectivity index (χ0v) is 18.7. The van der Waals surface area contributed by atoms with Gasteiger partial charge in [0, 0.05) is 43.6 Å². The zero-order chi connectivity index (χ0) is 21.9. The summed E-state index contributed by atoms with van der Waals surface area (Å²) in [5.74, 6) is -0.141. The van der Waals surface area contributed by atoms with Crippen molar-refractivity contribution >= 4 is 27.3 Å². The van der Waals surface area contributed by atoms with E-state index in [0.717, 1.165) is 24.9 Å². The van der Waals surface area contributed by atoms with Crippen molar-refractivity contribution in [1.82, 2.24) is 4.31 Å². The highest BCUT2D eigenvalue weighted by Gasteiger charge is 2.33. The number of rotatable bonds is 6. The van der Waals surface area contributed by atoms with Crippen LogP contribution in [-0.4, -0.2) is 52.4 Å². The number of amides is 1. The highest BCUT2D eigenvalue weighted by atomic mass is 32.2. The summed E-state index contributed by atoms with van der Waals surface area (Å²) in [6.45, 7) is 2.39. The van der Waals surface area contributed by atoms with Crippen LogP contribution in [0, 0.1) is 0 Å². The first-order valence-corrected chi connectivity index (χ1v) is 11.5. The number of methoxy groups -OCH3 is 1. The highest BCUT2D eigenvalue weighted by molar-refractivity contribution is 7.89. The molecule has 162 valence electrons. The van der Waals surface area contributed by atoms with Crippen molar-refractivity contribution < 1.29 is 17.9 Å². The first-order valence-electron chi connectivity index (χ1n) is 10.0. The van der Waals surface area contributed by atoms with Crippen LogP contribution >= 0.6 is 0 Å². The summed E-state index contributed by atoms with van der Waals surface area (Å²) in [5.41, 5.74) is 1.91. The molecule has 0 aliphatic carbocycles. The first-order chi connectivity index (χ1) is 14.2. The number of nitrogens with one attached hydrogen (secondary N) is 1. The molecule has 3 rings (SSSR count). The molecule has 2 aromatic rings. The monoisotopic (exact) mass is 431 g/mol. The topological polar surface area (TPSA) is 79.0 Å². The third kappa shape index (κ3) is 4.60. The molecule has 8 heteroatoms. The van der Waals surface area contributed by atoms with Crippen molar-refractivity contribution in [3.05, 3.63) is 48.0 Å². The molecule has 0 bridgehead atoms. The average molecular weight is 432 g/mol. The number of benzene rings is 2. The second-order valence-corrected chi connectivity index (χ2v) is 9.58. The van der Waals surface area contributed by atoms with Crippen LogP contribution in [0.4, 0.5) is 11.4 Å². The zero-order valence-electron chi connectivity index (χ0n) is 17.9. The molecular weight excluding hydrogens is 402 g/mol. The van der Waals surface area contributed by atoms with Crippen LogP contribution in [0.2, 0.25) is 0 Å². The maximum absolute atomic E-state index is 13.3. The molecule has 1 amide bonds. The number of carbonyl (C=O) groups is 1. The Bertz CT molecular complexity index is 1000. The molecule has 1 N–H and O–H groups in total. The smallest absolute Gasteiger partial charge is 0.255 e. The van der Waals surface area contributed by atoms with Crippen molar-refractivity contribution in [2.24, 2.45) is 0 Å². The third-order valence-electron chi connectivity index (χ3n) is 5.40. The van der Waals surface area contributed by atoms with Crippen LogP contribution in [0.25, 0.3) is 0 Å². The van der Waals surface area contributed by atoms with Gasteiger partial charge in [-0.2, -0.15) is 4.31 Å². The molecule has 7 nitrogen and oxygen atoms in total. The van der Waals surface area contributed by atoms with Crippen molar-refractivity contribution in [1.29, 1.82) is 0 Å². The van der Waals surface area contributed by atoms with Gasteiger partial charge in [0.25, 0.3) is 5.91 Å². The van der Waals surface area contributed by atoms with Gasteiger partial charge in [0.05, 0.1) is 7.11 Å². The van der Waals surface area contributed by atoms with Crippen molar-refractivity contribution in [3.63, 3.8) is 0 Å². The van der Waals surface area contributed by atoms with Gasteiger partial charge in [0.2, 0.25) is 10.0 Å². The average Bonchev–Trinajstić information content (AvgIpc) is 2.73. The number of anilines is 2. The quantitative estimate of drug-likeness (QED) is 0.756. The Hall–Kier alpha value is -2.58. The second-order valence-electron chi connectivity index (χ2n) is 7.72. The van der Waals surface area contributed by atoms with Crippen molar-refractivity contribution in [2.45, 2.75) is 37.1 Å². The van der Waals surface area contributed by atoms with E-state index < -0.39 is 10.0 Å². The lowest BCUT2D eigenvalue weighted by Gasteiger charge is -2.32. The summed E-state index contributed by atoms with van der Waals surface area (Å²) in [6, 6.07) is 11.8. The SMILES string of the molecule is COc1ccc(C(=O)Nc2ccc(N(C)C)cc2)cc1S(=O)(=O)N1CCCCC1C. The number of hydrogen-bond donors (Lipinski definition) is 1. The fourth-order valence-corrected chi connectivity index (χ4v) is 5.50. The Morgan fingerprint density at radius 1 is 1.13 bits per heavy atom. The van der Waals surface area contributed by atoms with E-state index >= 15 is 0 Å². The number of ether oxygens (including phenoxy) is 1. The van der Waals surface area contributed by atoms with Gasteiger partial charge in [-0.05, 0) is 62.2 Å². The highest BCUT2D eigenvalue weighted by Crippen LogP contribution is 2.32. The molecule has 1 aliphatic rings. The van der Waals surface area contributed by atoms with Crippen molar-refractivity contribution in [2.75, 3.05) is 38.0 Å². The van der Waals surface area contributed by atoms with Gasteiger partial charge in [0.1, 0.15) is 10.6 Å². The lowest BCUT2D eigenvalue weighted by Crippen LogP contribution is -2.42. The van der Waals surface area contributed by atoms with E-state index in [-0.39, 0.29) is 28.2 Å². The van der Waals surface area contributed by atoms with Crippen LogP contribution in [0.5, 0.6) is 5.75 Å². The molecular formula is C22H29N3O4S. The largest absolute Gasteiger partial charge is 0.495 e. The fraction of sp³-hybridized carbons (Fsp3) is 0.409. The standard InChI is InChI=1S/C22H29N3O4S/c1-16-7-5-6-14-25(16)30(27,28)21-15-17(8-13-20(21)29-4)22(26)23-18-9-11-19(12-10-18)24(2)3/h8-13,15-16H,5-7,14H2,1-4H3,(H,23,26). The second kappa shape index (κ2) is 9.06. The number of nitrogens with zero attached hydrogens (tertiary/aromatic N) is 2. The molecule has 2 aromatic carbocycles. The molecule has 0 saturated carbocycles. The minimum atomic E-state index is -3.78. The van der Waals surface area contributed by atoms with Crippen LogP contribution in [0.1, 0.15) is 36.5 Å². The lowest BCUT2D eigenvalue weighted by atomic mass is 10.1. The Balaban J connectivity index is 1.89. The fourth-order valence-electron chi connectivity index (χ4n) is 3.62. The van der Waals surface area contributed by atoms with E-state index in [1.54, 1.807) is 6.07 Å². The third-order valence-corrected chi connectivity index (χ3v) is 7.43. The molecule has 1 atom stereocenters. The van der Waals surface area contributed by atoms with Crippen LogP contribution in [0.15, 0.2) is 47.4 Å². The number of sulfonamides is 1. The molecule has 1 unspecified atom stereocenters. The van der Waals surface area contributed by atoms with Crippen LogP contribution in [0.3, 0.4) is 0 Å². The summed E-state index contributed by atoms with van der Waals surface area (Å²) >= 11 is 0.